The van der Waals surface area contributed by atoms with E-state index < -0.39 is 27.6 Å². The predicted molar refractivity (Wildman–Crippen MR) is 110 cm³/mol. The molecule has 0 atom stereocenters. The Hall–Kier alpha value is -2.83. The van der Waals surface area contributed by atoms with Gasteiger partial charge >= 0.3 is 6.18 Å². The lowest BCUT2D eigenvalue weighted by molar-refractivity contribution is -0.137. The molecule has 176 valence electrons. The van der Waals surface area contributed by atoms with Crippen LogP contribution in [0.3, 0.4) is 0 Å². The van der Waals surface area contributed by atoms with Crippen LogP contribution in [-0.2, 0) is 22.7 Å². The van der Waals surface area contributed by atoms with Gasteiger partial charge in [-0.15, -0.1) is 0 Å². The van der Waals surface area contributed by atoms with E-state index in [1.54, 1.807) is 0 Å². The maximum atomic E-state index is 13.0. The van der Waals surface area contributed by atoms with Crippen molar-refractivity contribution in [1.29, 1.82) is 0 Å². The van der Waals surface area contributed by atoms with Gasteiger partial charge in [-0.25, -0.2) is 17.5 Å². The fourth-order valence-corrected chi connectivity index (χ4v) is 4.85. The Morgan fingerprint density at radius 3 is 2.27 bits per heavy atom. The van der Waals surface area contributed by atoms with Gasteiger partial charge in [0.1, 0.15) is 5.82 Å². The van der Waals surface area contributed by atoms with E-state index in [1.807, 2.05) is 4.90 Å². The monoisotopic (exact) mass is 484 g/mol. The maximum Gasteiger partial charge on any atom is 0.416 e. The Balaban J connectivity index is 1.31. The van der Waals surface area contributed by atoms with Gasteiger partial charge in [0.15, 0.2) is 0 Å². The van der Waals surface area contributed by atoms with Gasteiger partial charge in [-0.05, 0) is 49.2 Å². The van der Waals surface area contributed by atoms with Crippen molar-refractivity contribution < 1.29 is 30.5 Å². The molecule has 0 radical (unpaired) electrons. The standard InChI is InChI=1S/C21H20F4N4O3S/c22-16-5-7-18(8-6-16)33(30,31)28-17-9-11-29(12-10-17)13-19-26-20(27-32-19)14-1-3-15(4-2-14)21(23,24)25/h1-8,17,28H,9-13H2. The van der Waals surface area contributed by atoms with Crippen LogP contribution in [0.5, 0.6) is 0 Å². The van der Waals surface area contributed by atoms with Crippen LogP contribution in [0.4, 0.5) is 17.6 Å². The number of rotatable bonds is 6. The summed E-state index contributed by atoms with van der Waals surface area (Å²) in [5.41, 5.74) is -0.347. The average Bonchev–Trinajstić information content (AvgIpc) is 3.23. The third-order valence-corrected chi connectivity index (χ3v) is 6.87. The summed E-state index contributed by atoms with van der Waals surface area (Å²) in [6.45, 7) is 1.49. The van der Waals surface area contributed by atoms with Gasteiger partial charge in [-0.3, -0.25) is 4.90 Å². The highest BCUT2D eigenvalue weighted by atomic mass is 32.2. The summed E-state index contributed by atoms with van der Waals surface area (Å²) in [7, 11) is -3.74. The van der Waals surface area contributed by atoms with Crippen LogP contribution in [0, 0.1) is 5.82 Å². The molecule has 1 saturated heterocycles. The van der Waals surface area contributed by atoms with E-state index in [0.29, 0.717) is 43.9 Å². The second-order valence-corrected chi connectivity index (χ2v) is 9.43. The Bertz CT molecular complexity index is 1190. The molecule has 1 fully saturated rings. The number of sulfonamides is 1. The fraction of sp³-hybridized carbons (Fsp3) is 0.333. The highest BCUT2D eigenvalue weighted by molar-refractivity contribution is 7.89. The third-order valence-electron chi connectivity index (χ3n) is 5.33. The highest BCUT2D eigenvalue weighted by Crippen LogP contribution is 2.30. The van der Waals surface area contributed by atoms with Crippen molar-refractivity contribution in [3.63, 3.8) is 0 Å². The molecule has 0 amide bonds. The zero-order valence-electron chi connectivity index (χ0n) is 17.2. The lowest BCUT2D eigenvalue weighted by atomic mass is 10.1. The number of piperidine rings is 1. The van der Waals surface area contributed by atoms with E-state index in [4.69, 9.17) is 4.52 Å². The van der Waals surface area contributed by atoms with E-state index in [9.17, 15) is 26.0 Å². The zero-order chi connectivity index (χ0) is 23.6. The van der Waals surface area contributed by atoms with Gasteiger partial charge in [0.25, 0.3) is 0 Å². The number of alkyl halides is 3. The van der Waals surface area contributed by atoms with Crippen molar-refractivity contribution in [2.24, 2.45) is 0 Å². The topological polar surface area (TPSA) is 88.3 Å². The normalized spacial score (nSPS) is 16.2. The zero-order valence-corrected chi connectivity index (χ0v) is 18.0. The average molecular weight is 484 g/mol. The van der Waals surface area contributed by atoms with Crippen LogP contribution in [0.2, 0.25) is 0 Å². The van der Waals surface area contributed by atoms with Crippen molar-refractivity contribution in [3.8, 4) is 11.4 Å². The number of halogens is 4. The molecule has 4 rings (SSSR count). The van der Waals surface area contributed by atoms with Gasteiger partial charge in [0.05, 0.1) is 17.0 Å². The Labute approximate surface area is 187 Å². The molecule has 2 aromatic carbocycles. The summed E-state index contributed by atoms with van der Waals surface area (Å²) in [6, 6.07) is 8.87. The van der Waals surface area contributed by atoms with Gasteiger partial charge in [0, 0.05) is 24.7 Å². The quantitative estimate of drug-likeness (QED) is 0.535. The molecule has 0 bridgehead atoms. The molecule has 2 heterocycles. The molecule has 0 saturated carbocycles. The van der Waals surface area contributed by atoms with Crippen LogP contribution in [0.25, 0.3) is 11.4 Å². The molecule has 0 spiro atoms. The van der Waals surface area contributed by atoms with Crippen molar-refractivity contribution >= 4 is 10.0 Å². The summed E-state index contributed by atoms with van der Waals surface area (Å²) in [6.07, 6.45) is -3.30. The summed E-state index contributed by atoms with van der Waals surface area (Å²) < 4.78 is 83.9. The number of likely N-dealkylation sites (tertiary alicyclic amines) is 1. The minimum Gasteiger partial charge on any atom is -0.338 e. The molecule has 1 aromatic heterocycles. The molecule has 1 aliphatic heterocycles. The smallest absolute Gasteiger partial charge is 0.338 e. The van der Waals surface area contributed by atoms with Crippen molar-refractivity contribution in [2.75, 3.05) is 13.1 Å². The van der Waals surface area contributed by atoms with E-state index in [-0.39, 0.29) is 16.8 Å². The van der Waals surface area contributed by atoms with Crippen LogP contribution < -0.4 is 4.72 Å². The number of benzene rings is 2. The number of hydrogen-bond acceptors (Lipinski definition) is 6. The molecule has 0 unspecified atom stereocenters. The summed E-state index contributed by atoms with van der Waals surface area (Å²) >= 11 is 0. The predicted octanol–water partition coefficient (Wildman–Crippen LogP) is 3.84. The molecule has 12 heteroatoms. The van der Waals surface area contributed by atoms with E-state index in [2.05, 4.69) is 14.9 Å². The van der Waals surface area contributed by atoms with Crippen molar-refractivity contribution in [3.05, 3.63) is 65.8 Å². The lowest BCUT2D eigenvalue weighted by Gasteiger charge is -2.31. The molecule has 1 aliphatic rings. The first-order valence-electron chi connectivity index (χ1n) is 10.1. The summed E-state index contributed by atoms with van der Waals surface area (Å²) in [4.78, 5) is 6.28. The van der Waals surface area contributed by atoms with Gasteiger partial charge in [0.2, 0.25) is 21.7 Å². The Morgan fingerprint density at radius 2 is 1.67 bits per heavy atom. The molecule has 33 heavy (non-hydrogen) atoms. The van der Waals surface area contributed by atoms with E-state index >= 15 is 0 Å². The maximum absolute atomic E-state index is 13.0. The highest BCUT2D eigenvalue weighted by Gasteiger charge is 2.30. The van der Waals surface area contributed by atoms with E-state index in [1.165, 1.54) is 24.3 Å². The van der Waals surface area contributed by atoms with Crippen LogP contribution in [0.15, 0.2) is 57.9 Å². The minimum atomic E-state index is -4.42. The second kappa shape index (κ2) is 9.20. The SMILES string of the molecule is O=S(=O)(NC1CCN(Cc2nc(-c3ccc(C(F)(F)F)cc3)no2)CC1)c1ccc(F)cc1. The Morgan fingerprint density at radius 1 is 1.03 bits per heavy atom. The minimum absolute atomic E-state index is 0.00739. The first-order valence-corrected chi connectivity index (χ1v) is 11.6. The number of hydrogen-bond donors (Lipinski definition) is 1. The number of nitrogens with one attached hydrogen (secondary N) is 1. The van der Waals surface area contributed by atoms with Crippen molar-refractivity contribution in [2.45, 2.75) is 36.5 Å². The van der Waals surface area contributed by atoms with Crippen LogP contribution >= 0.6 is 0 Å². The Kier molecular flexibility index (Phi) is 6.50. The fourth-order valence-electron chi connectivity index (χ4n) is 3.55. The first kappa shape index (κ1) is 23.3. The largest absolute Gasteiger partial charge is 0.416 e. The number of aromatic nitrogens is 2. The van der Waals surface area contributed by atoms with Crippen molar-refractivity contribution in [1.82, 2.24) is 19.8 Å². The summed E-state index contributed by atoms with van der Waals surface area (Å²) in [5.74, 6) is 0.000622. The lowest BCUT2D eigenvalue weighted by Crippen LogP contribution is -2.44. The first-order chi connectivity index (χ1) is 15.6. The molecular formula is C21H20F4N4O3S. The van der Waals surface area contributed by atoms with Gasteiger partial charge in [-0.1, -0.05) is 17.3 Å². The van der Waals surface area contributed by atoms with Crippen LogP contribution in [-0.4, -0.2) is 42.6 Å². The summed E-state index contributed by atoms with van der Waals surface area (Å²) in [5, 5.41) is 3.83. The second-order valence-electron chi connectivity index (χ2n) is 7.71. The molecule has 3 aromatic rings. The van der Waals surface area contributed by atoms with E-state index in [0.717, 1.165) is 24.3 Å². The molecular weight excluding hydrogens is 464 g/mol. The molecule has 1 N–H and O–H groups in total. The van der Waals surface area contributed by atoms with Gasteiger partial charge < -0.3 is 4.52 Å². The number of nitrogens with zero attached hydrogens (tertiary/aromatic N) is 3. The van der Waals surface area contributed by atoms with Gasteiger partial charge in [-0.2, -0.15) is 18.2 Å². The third kappa shape index (κ3) is 5.75. The molecule has 7 nitrogen and oxygen atoms in total. The molecule has 0 aliphatic carbocycles. The van der Waals surface area contributed by atoms with Crippen LogP contribution in [0.1, 0.15) is 24.3 Å².